The Morgan fingerprint density at radius 3 is 2.14 bits per heavy atom. The van der Waals surface area contributed by atoms with Crippen LogP contribution in [0.15, 0.2) is 89.1 Å². The first-order chi connectivity index (χ1) is 14.0. The molecule has 0 aliphatic rings. The van der Waals surface area contributed by atoms with E-state index in [0.717, 1.165) is 16.3 Å². The monoisotopic (exact) mass is 422 g/mol. The van der Waals surface area contributed by atoms with Crippen LogP contribution >= 0.6 is 11.3 Å². The Bertz CT molecular complexity index is 1200. The van der Waals surface area contributed by atoms with Gasteiger partial charge in [-0.05, 0) is 55.5 Å². The second kappa shape index (κ2) is 8.06. The predicted molar refractivity (Wildman–Crippen MR) is 116 cm³/mol. The molecular formula is C22H18N2O3S2. The third-order valence-electron chi connectivity index (χ3n) is 4.16. The molecule has 0 spiro atoms. The number of para-hydroxylation sites is 1. The molecule has 0 unspecified atom stereocenters. The van der Waals surface area contributed by atoms with Crippen molar-refractivity contribution in [3.05, 3.63) is 89.3 Å². The average Bonchev–Trinajstić information content (AvgIpc) is 3.16. The third-order valence-corrected chi connectivity index (χ3v) is 6.34. The number of sulfonamides is 1. The minimum absolute atomic E-state index is 0.164. The molecule has 0 atom stereocenters. The van der Waals surface area contributed by atoms with E-state index in [1.807, 2.05) is 54.8 Å². The standard InChI is InChI=1S/C22H18N2O3S2/c1-16-23-22(15-28-16)17-7-9-18(10-8-17)24-29(25,26)21-13-11-20(12-14-21)27-19-5-3-2-4-6-19/h2-15,24H,1H3. The average molecular weight is 423 g/mol. The fourth-order valence-electron chi connectivity index (χ4n) is 2.73. The van der Waals surface area contributed by atoms with Crippen LogP contribution in [0.3, 0.4) is 0 Å². The van der Waals surface area contributed by atoms with Gasteiger partial charge in [0.25, 0.3) is 10.0 Å². The number of hydrogen-bond donors (Lipinski definition) is 1. The van der Waals surface area contributed by atoms with Gasteiger partial charge in [0.2, 0.25) is 0 Å². The van der Waals surface area contributed by atoms with Gasteiger partial charge in [-0.25, -0.2) is 13.4 Å². The number of nitrogens with one attached hydrogen (secondary N) is 1. The van der Waals surface area contributed by atoms with Gasteiger partial charge in [-0.2, -0.15) is 0 Å². The summed E-state index contributed by atoms with van der Waals surface area (Å²) in [5, 5.41) is 2.97. The fraction of sp³-hybridized carbons (Fsp3) is 0.0455. The molecule has 5 nitrogen and oxygen atoms in total. The lowest BCUT2D eigenvalue weighted by Crippen LogP contribution is -2.12. The number of aromatic nitrogens is 1. The molecule has 0 saturated heterocycles. The summed E-state index contributed by atoms with van der Waals surface area (Å²) >= 11 is 1.58. The van der Waals surface area contributed by atoms with E-state index in [2.05, 4.69) is 9.71 Å². The van der Waals surface area contributed by atoms with Crippen molar-refractivity contribution in [2.24, 2.45) is 0 Å². The van der Waals surface area contributed by atoms with Crippen molar-refractivity contribution in [1.82, 2.24) is 4.98 Å². The molecular weight excluding hydrogens is 404 g/mol. The van der Waals surface area contributed by atoms with Crippen LogP contribution in [0.5, 0.6) is 11.5 Å². The predicted octanol–water partition coefficient (Wildman–Crippen LogP) is 5.71. The second-order valence-corrected chi connectivity index (χ2v) is 9.07. The minimum atomic E-state index is -3.70. The molecule has 0 aliphatic heterocycles. The van der Waals surface area contributed by atoms with Crippen LogP contribution < -0.4 is 9.46 Å². The summed E-state index contributed by atoms with van der Waals surface area (Å²) in [7, 11) is -3.70. The van der Waals surface area contributed by atoms with Crippen molar-refractivity contribution >= 4 is 27.0 Å². The van der Waals surface area contributed by atoms with Gasteiger partial charge in [-0.15, -0.1) is 11.3 Å². The summed E-state index contributed by atoms with van der Waals surface area (Å²) in [5.41, 5.74) is 2.32. The maximum atomic E-state index is 12.7. The number of rotatable bonds is 6. The van der Waals surface area contributed by atoms with Gasteiger partial charge in [0.15, 0.2) is 0 Å². The summed E-state index contributed by atoms with van der Waals surface area (Å²) in [6.45, 7) is 1.95. The summed E-state index contributed by atoms with van der Waals surface area (Å²) < 4.78 is 33.6. The van der Waals surface area contributed by atoms with Gasteiger partial charge in [-0.1, -0.05) is 30.3 Å². The van der Waals surface area contributed by atoms with Crippen molar-refractivity contribution in [3.8, 4) is 22.8 Å². The Morgan fingerprint density at radius 1 is 0.862 bits per heavy atom. The molecule has 0 fully saturated rings. The van der Waals surface area contributed by atoms with Crippen LogP contribution in [0.4, 0.5) is 5.69 Å². The maximum absolute atomic E-state index is 12.7. The quantitative estimate of drug-likeness (QED) is 0.432. The van der Waals surface area contributed by atoms with Crippen molar-refractivity contribution in [2.45, 2.75) is 11.8 Å². The largest absolute Gasteiger partial charge is 0.457 e. The van der Waals surface area contributed by atoms with Crippen molar-refractivity contribution in [3.63, 3.8) is 0 Å². The zero-order valence-electron chi connectivity index (χ0n) is 15.6. The lowest BCUT2D eigenvalue weighted by molar-refractivity contribution is 0.482. The van der Waals surface area contributed by atoms with Gasteiger partial charge in [0.05, 0.1) is 15.6 Å². The Morgan fingerprint density at radius 2 is 1.52 bits per heavy atom. The molecule has 3 aromatic carbocycles. The normalized spacial score (nSPS) is 11.2. The van der Waals surface area contributed by atoms with Crippen molar-refractivity contribution < 1.29 is 13.2 Å². The van der Waals surface area contributed by atoms with Gasteiger partial charge < -0.3 is 4.74 Å². The molecule has 0 aliphatic carbocycles. The van der Waals surface area contributed by atoms with Crippen LogP contribution in [0.2, 0.25) is 0 Å². The maximum Gasteiger partial charge on any atom is 0.261 e. The molecule has 1 heterocycles. The molecule has 4 rings (SSSR count). The van der Waals surface area contributed by atoms with Gasteiger partial charge in [0, 0.05) is 16.6 Å². The SMILES string of the molecule is Cc1nc(-c2ccc(NS(=O)(=O)c3ccc(Oc4ccccc4)cc3)cc2)cs1. The number of nitrogens with zero attached hydrogens (tertiary/aromatic N) is 1. The first-order valence-electron chi connectivity index (χ1n) is 8.88. The van der Waals surface area contributed by atoms with E-state index in [4.69, 9.17) is 4.74 Å². The van der Waals surface area contributed by atoms with E-state index in [9.17, 15) is 8.42 Å². The Kier molecular flexibility index (Phi) is 5.33. The summed E-state index contributed by atoms with van der Waals surface area (Å²) in [6, 6.07) is 22.8. The van der Waals surface area contributed by atoms with E-state index in [-0.39, 0.29) is 4.90 Å². The third kappa shape index (κ3) is 4.64. The summed E-state index contributed by atoms with van der Waals surface area (Å²) in [6.07, 6.45) is 0. The smallest absolute Gasteiger partial charge is 0.261 e. The van der Waals surface area contributed by atoms with Crippen LogP contribution in [-0.4, -0.2) is 13.4 Å². The zero-order chi connectivity index (χ0) is 20.3. The second-order valence-electron chi connectivity index (χ2n) is 6.32. The number of benzene rings is 3. The van der Waals surface area contributed by atoms with E-state index >= 15 is 0 Å². The Labute approximate surface area is 173 Å². The highest BCUT2D eigenvalue weighted by Crippen LogP contribution is 2.26. The highest BCUT2D eigenvalue weighted by atomic mass is 32.2. The molecule has 146 valence electrons. The molecule has 4 aromatic rings. The van der Waals surface area contributed by atoms with Crippen LogP contribution in [-0.2, 0) is 10.0 Å². The summed E-state index contributed by atoms with van der Waals surface area (Å²) in [5.74, 6) is 1.26. The number of aryl methyl sites for hydroxylation is 1. The van der Waals surface area contributed by atoms with Crippen molar-refractivity contribution in [2.75, 3.05) is 4.72 Å². The zero-order valence-corrected chi connectivity index (χ0v) is 17.2. The molecule has 0 amide bonds. The minimum Gasteiger partial charge on any atom is -0.457 e. The number of thiazole rings is 1. The van der Waals surface area contributed by atoms with Gasteiger partial charge >= 0.3 is 0 Å². The van der Waals surface area contributed by atoms with Crippen LogP contribution in [0.1, 0.15) is 5.01 Å². The first-order valence-corrected chi connectivity index (χ1v) is 11.2. The fourth-order valence-corrected chi connectivity index (χ4v) is 4.41. The van der Waals surface area contributed by atoms with Gasteiger partial charge in [0.1, 0.15) is 11.5 Å². The summed E-state index contributed by atoms with van der Waals surface area (Å²) in [4.78, 5) is 4.60. The lowest BCUT2D eigenvalue weighted by atomic mass is 10.1. The van der Waals surface area contributed by atoms with Gasteiger partial charge in [-0.3, -0.25) is 4.72 Å². The van der Waals surface area contributed by atoms with Crippen molar-refractivity contribution in [1.29, 1.82) is 0 Å². The molecule has 29 heavy (non-hydrogen) atoms. The Hall–Kier alpha value is -3.16. The number of hydrogen-bond acceptors (Lipinski definition) is 5. The number of anilines is 1. The lowest BCUT2D eigenvalue weighted by Gasteiger charge is -2.10. The Balaban J connectivity index is 1.47. The topological polar surface area (TPSA) is 68.3 Å². The van der Waals surface area contributed by atoms with Crippen LogP contribution in [0.25, 0.3) is 11.3 Å². The number of ether oxygens (including phenoxy) is 1. The first kappa shape index (κ1) is 19.2. The van der Waals surface area contributed by atoms with Crippen LogP contribution in [0, 0.1) is 6.92 Å². The molecule has 1 aromatic heterocycles. The molecule has 7 heteroatoms. The highest BCUT2D eigenvalue weighted by molar-refractivity contribution is 7.92. The molecule has 0 radical (unpaired) electrons. The highest BCUT2D eigenvalue weighted by Gasteiger charge is 2.14. The van der Waals surface area contributed by atoms with E-state index < -0.39 is 10.0 Å². The van der Waals surface area contributed by atoms with E-state index in [1.54, 1.807) is 35.6 Å². The molecule has 0 bridgehead atoms. The van der Waals surface area contributed by atoms with E-state index in [1.165, 1.54) is 12.1 Å². The van der Waals surface area contributed by atoms with E-state index in [0.29, 0.717) is 17.2 Å². The molecule has 1 N–H and O–H groups in total. The molecule has 0 saturated carbocycles.